The largest absolute Gasteiger partial charge is 0.468 e. The molecule has 0 radical (unpaired) electrons. The highest BCUT2D eigenvalue weighted by Crippen LogP contribution is 2.10. The van der Waals surface area contributed by atoms with Crippen molar-refractivity contribution < 1.29 is 4.42 Å². The summed E-state index contributed by atoms with van der Waals surface area (Å²) in [6.07, 6.45) is 1.64. The monoisotopic (exact) mass is 154 g/mol. The normalized spacial score (nSPS) is 13.8. The van der Waals surface area contributed by atoms with Crippen molar-refractivity contribution in [2.75, 3.05) is 20.6 Å². The maximum Gasteiger partial charge on any atom is 0.121 e. The SMILES string of the molecule is CN(C)CC(N)c1ccco1. The van der Waals surface area contributed by atoms with Crippen LogP contribution in [0.2, 0.25) is 0 Å². The first-order chi connectivity index (χ1) is 5.20. The second-order valence-electron chi connectivity index (χ2n) is 2.88. The first kappa shape index (κ1) is 8.30. The standard InChI is InChI=1S/C8H14N2O/c1-10(2)6-7(9)8-4-3-5-11-8/h3-5,7H,6,9H2,1-2H3. The molecule has 0 spiro atoms. The van der Waals surface area contributed by atoms with Crippen molar-refractivity contribution >= 4 is 0 Å². The maximum atomic E-state index is 5.80. The van der Waals surface area contributed by atoms with Crippen molar-refractivity contribution in [3.05, 3.63) is 24.2 Å². The van der Waals surface area contributed by atoms with Gasteiger partial charge in [0.25, 0.3) is 0 Å². The molecule has 11 heavy (non-hydrogen) atoms. The van der Waals surface area contributed by atoms with Crippen LogP contribution in [0.25, 0.3) is 0 Å². The van der Waals surface area contributed by atoms with E-state index in [-0.39, 0.29) is 6.04 Å². The summed E-state index contributed by atoms with van der Waals surface area (Å²) in [5.74, 6) is 0.846. The lowest BCUT2D eigenvalue weighted by molar-refractivity contribution is 0.345. The van der Waals surface area contributed by atoms with Gasteiger partial charge in [-0.05, 0) is 26.2 Å². The molecule has 0 aromatic carbocycles. The zero-order valence-corrected chi connectivity index (χ0v) is 6.95. The Balaban J connectivity index is 2.49. The summed E-state index contributed by atoms with van der Waals surface area (Å²) in [5, 5.41) is 0. The molecular weight excluding hydrogens is 140 g/mol. The Kier molecular flexibility index (Phi) is 2.68. The third-order valence-corrected chi connectivity index (χ3v) is 1.47. The van der Waals surface area contributed by atoms with E-state index in [1.165, 1.54) is 0 Å². The Hall–Kier alpha value is -0.800. The van der Waals surface area contributed by atoms with E-state index >= 15 is 0 Å². The molecular formula is C8H14N2O. The van der Waals surface area contributed by atoms with Crippen LogP contribution in [0, 0.1) is 0 Å². The van der Waals surface area contributed by atoms with Gasteiger partial charge in [-0.3, -0.25) is 0 Å². The van der Waals surface area contributed by atoms with E-state index in [9.17, 15) is 0 Å². The zero-order chi connectivity index (χ0) is 8.27. The van der Waals surface area contributed by atoms with Crippen molar-refractivity contribution in [1.29, 1.82) is 0 Å². The Morgan fingerprint density at radius 3 is 2.82 bits per heavy atom. The van der Waals surface area contributed by atoms with Crippen LogP contribution in [0.5, 0.6) is 0 Å². The third-order valence-electron chi connectivity index (χ3n) is 1.47. The summed E-state index contributed by atoms with van der Waals surface area (Å²) in [6, 6.07) is 3.74. The lowest BCUT2D eigenvalue weighted by Crippen LogP contribution is -2.25. The summed E-state index contributed by atoms with van der Waals surface area (Å²) in [4.78, 5) is 2.03. The lowest BCUT2D eigenvalue weighted by atomic mass is 10.2. The highest BCUT2D eigenvalue weighted by Gasteiger charge is 2.08. The highest BCUT2D eigenvalue weighted by molar-refractivity contribution is 5.03. The third kappa shape index (κ3) is 2.37. The van der Waals surface area contributed by atoms with Gasteiger partial charge in [0, 0.05) is 6.54 Å². The van der Waals surface area contributed by atoms with Crippen LogP contribution < -0.4 is 5.73 Å². The minimum atomic E-state index is -0.0139. The van der Waals surface area contributed by atoms with E-state index in [1.807, 2.05) is 31.1 Å². The molecule has 0 aliphatic carbocycles. The molecule has 0 fully saturated rings. The van der Waals surface area contributed by atoms with Crippen LogP contribution in [-0.2, 0) is 0 Å². The fourth-order valence-corrected chi connectivity index (χ4v) is 0.986. The van der Waals surface area contributed by atoms with Crippen LogP contribution in [-0.4, -0.2) is 25.5 Å². The van der Waals surface area contributed by atoms with Crippen LogP contribution in [0.3, 0.4) is 0 Å². The predicted octanol–water partition coefficient (Wildman–Crippen LogP) is 0.841. The second-order valence-corrected chi connectivity index (χ2v) is 2.88. The molecule has 1 aromatic heterocycles. The van der Waals surface area contributed by atoms with E-state index in [4.69, 9.17) is 10.2 Å². The number of likely N-dealkylation sites (N-methyl/N-ethyl adjacent to an activating group) is 1. The first-order valence-electron chi connectivity index (χ1n) is 3.64. The topological polar surface area (TPSA) is 42.4 Å². The summed E-state index contributed by atoms with van der Waals surface area (Å²) >= 11 is 0. The molecule has 0 bridgehead atoms. The molecule has 1 atom stereocenters. The van der Waals surface area contributed by atoms with Gasteiger partial charge in [0.05, 0.1) is 12.3 Å². The minimum Gasteiger partial charge on any atom is -0.468 e. The van der Waals surface area contributed by atoms with Crippen LogP contribution in [0.1, 0.15) is 11.8 Å². The molecule has 0 saturated heterocycles. The van der Waals surface area contributed by atoms with Crippen LogP contribution in [0.4, 0.5) is 0 Å². The van der Waals surface area contributed by atoms with Crippen molar-refractivity contribution in [2.45, 2.75) is 6.04 Å². The molecule has 2 N–H and O–H groups in total. The average Bonchev–Trinajstić information content (AvgIpc) is 2.35. The molecule has 3 heteroatoms. The molecule has 62 valence electrons. The predicted molar refractivity (Wildman–Crippen MR) is 44.2 cm³/mol. The number of hydrogen-bond acceptors (Lipinski definition) is 3. The van der Waals surface area contributed by atoms with Gasteiger partial charge in [-0.2, -0.15) is 0 Å². The van der Waals surface area contributed by atoms with Gasteiger partial charge in [0.1, 0.15) is 5.76 Å². The number of nitrogens with two attached hydrogens (primary N) is 1. The summed E-state index contributed by atoms with van der Waals surface area (Å²) in [7, 11) is 3.98. The van der Waals surface area contributed by atoms with Crippen LogP contribution >= 0.6 is 0 Å². The molecule has 0 aliphatic heterocycles. The van der Waals surface area contributed by atoms with Gasteiger partial charge < -0.3 is 15.1 Å². The molecule has 0 aliphatic rings. The van der Waals surface area contributed by atoms with Crippen LogP contribution in [0.15, 0.2) is 22.8 Å². The van der Waals surface area contributed by atoms with Crippen molar-refractivity contribution in [3.8, 4) is 0 Å². The summed E-state index contributed by atoms with van der Waals surface area (Å²) in [5.41, 5.74) is 5.80. The Morgan fingerprint density at radius 2 is 2.36 bits per heavy atom. The number of furan rings is 1. The number of rotatable bonds is 3. The Labute approximate surface area is 66.8 Å². The average molecular weight is 154 g/mol. The lowest BCUT2D eigenvalue weighted by Gasteiger charge is -2.14. The Bertz CT molecular complexity index is 194. The van der Waals surface area contributed by atoms with Crippen molar-refractivity contribution in [2.24, 2.45) is 5.73 Å². The van der Waals surface area contributed by atoms with Gasteiger partial charge in [-0.15, -0.1) is 0 Å². The molecule has 1 rings (SSSR count). The minimum absolute atomic E-state index is 0.0139. The molecule has 3 nitrogen and oxygen atoms in total. The van der Waals surface area contributed by atoms with Gasteiger partial charge >= 0.3 is 0 Å². The van der Waals surface area contributed by atoms with E-state index in [0.29, 0.717) is 0 Å². The number of hydrogen-bond donors (Lipinski definition) is 1. The van der Waals surface area contributed by atoms with Gasteiger partial charge in [-0.25, -0.2) is 0 Å². The molecule has 0 amide bonds. The van der Waals surface area contributed by atoms with E-state index in [1.54, 1.807) is 6.26 Å². The molecule has 0 saturated carbocycles. The van der Waals surface area contributed by atoms with Crippen molar-refractivity contribution in [3.63, 3.8) is 0 Å². The molecule has 1 aromatic rings. The second kappa shape index (κ2) is 3.55. The van der Waals surface area contributed by atoms with Crippen molar-refractivity contribution in [1.82, 2.24) is 4.90 Å². The number of nitrogens with zero attached hydrogens (tertiary/aromatic N) is 1. The summed E-state index contributed by atoms with van der Waals surface area (Å²) in [6.45, 7) is 0.813. The smallest absolute Gasteiger partial charge is 0.121 e. The zero-order valence-electron chi connectivity index (χ0n) is 6.95. The quantitative estimate of drug-likeness (QED) is 0.701. The van der Waals surface area contributed by atoms with Gasteiger partial charge in [0.15, 0.2) is 0 Å². The highest BCUT2D eigenvalue weighted by atomic mass is 16.3. The fraction of sp³-hybridized carbons (Fsp3) is 0.500. The first-order valence-corrected chi connectivity index (χ1v) is 3.64. The van der Waals surface area contributed by atoms with Gasteiger partial charge in [0.2, 0.25) is 0 Å². The fourth-order valence-electron chi connectivity index (χ4n) is 0.986. The van der Waals surface area contributed by atoms with E-state index in [0.717, 1.165) is 12.3 Å². The Morgan fingerprint density at radius 1 is 1.64 bits per heavy atom. The maximum absolute atomic E-state index is 5.80. The summed E-state index contributed by atoms with van der Waals surface area (Å²) < 4.78 is 5.14. The molecule has 1 unspecified atom stereocenters. The van der Waals surface area contributed by atoms with E-state index in [2.05, 4.69) is 0 Å². The molecule has 1 heterocycles. The van der Waals surface area contributed by atoms with Gasteiger partial charge in [-0.1, -0.05) is 0 Å². The van der Waals surface area contributed by atoms with E-state index < -0.39 is 0 Å².